The minimum atomic E-state index is -0.0811. The second-order valence-corrected chi connectivity index (χ2v) is 6.18. The molecule has 1 saturated heterocycles. The molecule has 116 valence electrons. The number of anilines is 1. The number of nitrogens with zero attached hydrogens (tertiary/aromatic N) is 2. The lowest BCUT2D eigenvalue weighted by Gasteiger charge is -2.29. The molecule has 1 fully saturated rings. The molecule has 22 heavy (non-hydrogen) atoms. The number of thiophene rings is 1. The predicted octanol–water partition coefficient (Wildman–Crippen LogP) is 2.22. The van der Waals surface area contributed by atoms with Crippen molar-refractivity contribution in [1.82, 2.24) is 10.3 Å². The van der Waals surface area contributed by atoms with Crippen LogP contribution in [0.15, 0.2) is 29.8 Å². The third kappa shape index (κ3) is 3.28. The summed E-state index contributed by atoms with van der Waals surface area (Å²) in [6, 6.07) is 5.69. The van der Waals surface area contributed by atoms with Crippen molar-refractivity contribution in [3.05, 3.63) is 45.8 Å². The summed E-state index contributed by atoms with van der Waals surface area (Å²) < 4.78 is 5.36. The Morgan fingerprint density at radius 2 is 2.23 bits per heavy atom. The van der Waals surface area contributed by atoms with E-state index in [9.17, 15) is 4.79 Å². The number of ether oxygens (including phenoxy) is 1. The van der Waals surface area contributed by atoms with Crippen LogP contribution in [0.2, 0.25) is 0 Å². The number of carbonyl (C=O) groups is 1. The lowest BCUT2D eigenvalue weighted by molar-refractivity contribution is 0.0949. The molecule has 0 radical (unpaired) electrons. The van der Waals surface area contributed by atoms with Gasteiger partial charge in [0.25, 0.3) is 5.91 Å². The molecule has 0 aromatic carbocycles. The fraction of sp³-hybridized carbons (Fsp3) is 0.375. The van der Waals surface area contributed by atoms with Crippen LogP contribution in [0.3, 0.4) is 0 Å². The van der Waals surface area contributed by atoms with Gasteiger partial charge in [-0.05, 0) is 36.1 Å². The molecule has 3 heterocycles. The van der Waals surface area contributed by atoms with Crippen molar-refractivity contribution in [3.8, 4) is 0 Å². The Hall–Kier alpha value is -1.92. The van der Waals surface area contributed by atoms with Gasteiger partial charge in [0.05, 0.1) is 25.3 Å². The zero-order valence-electron chi connectivity index (χ0n) is 12.5. The first-order valence-corrected chi connectivity index (χ1v) is 8.22. The minimum absolute atomic E-state index is 0.0811. The van der Waals surface area contributed by atoms with Gasteiger partial charge in [-0.3, -0.25) is 4.79 Å². The standard InChI is InChI=1S/C16H19N3O2S/c1-12-4-10-22-14(12)11-18-16(20)13-3-2-5-17-15(13)19-6-8-21-9-7-19/h2-5,10H,6-9,11H2,1H3,(H,18,20). The average molecular weight is 317 g/mol. The van der Waals surface area contributed by atoms with E-state index in [1.54, 1.807) is 23.6 Å². The molecule has 2 aromatic heterocycles. The van der Waals surface area contributed by atoms with Crippen LogP contribution in [0, 0.1) is 6.92 Å². The molecule has 0 bridgehead atoms. The van der Waals surface area contributed by atoms with Gasteiger partial charge in [0.1, 0.15) is 5.82 Å². The molecule has 0 spiro atoms. The van der Waals surface area contributed by atoms with E-state index in [0.29, 0.717) is 25.3 Å². The summed E-state index contributed by atoms with van der Waals surface area (Å²) in [5.41, 5.74) is 1.84. The second kappa shape index (κ2) is 6.89. The Kier molecular flexibility index (Phi) is 4.70. The van der Waals surface area contributed by atoms with Crippen LogP contribution >= 0.6 is 11.3 Å². The fourth-order valence-corrected chi connectivity index (χ4v) is 3.29. The molecular formula is C16H19N3O2S. The summed E-state index contributed by atoms with van der Waals surface area (Å²) in [6.07, 6.45) is 1.73. The highest BCUT2D eigenvalue weighted by molar-refractivity contribution is 7.10. The Bertz CT molecular complexity index is 650. The summed E-state index contributed by atoms with van der Waals surface area (Å²) >= 11 is 1.66. The van der Waals surface area contributed by atoms with Gasteiger partial charge in [-0.2, -0.15) is 0 Å². The number of amides is 1. The highest BCUT2D eigenvalue weighted by Gasteiger charge is 2.19. The van der Waals surface area contributed by atoms with Crippen LogP contribution in [0.1, 0.15) is 20.8 Å². The number of morpholine rings is 1. The van der Waals surface area contributed by atoms with Crippen molar-refractivity contribution in [2.24, 2.45) is 0 Å². The van der Waals surface area contributed by atoms with Crippen LogP contribution < -0.4 is 10.2 Å². The van der Waals surface area contributed by atoms with Crippen LogP contribution in [0.4, 0.5) is 5.82 Å². The van der Waals surface area contributed by atoms with Gasteiger partial charge >= 0.3 is 0 Å². The highest BCUT2D eigenvalue weighted by atomic mass is 32.1. The lowest BCUT2D eigenvalue weighted by atomic mass is 10.2. The summed E-state index contributed by atoms with van der Waals surface area (Å²) in [7, 11) is 0. The lowest BCUT2D eigenvalue weighted by Crippen LogP contribution is -2.38. The van der Waals surface area contributed by atoms with Crippen molar-refractivity contribution < 1.29 is 9.53 Å². The molecule has 3 rings (SSSR count). The summed E-state index contributed by atoms with van der Waals surface area (Å²) in [4.78, 5) is 20.2. The Morgan fingerprint density at radius 1 is 1.41 bits per heavy atom. The van der Waals surface area contributed by atoms with Gasteiger partial charge in [0.15, 0.2) is 0 Å². The van der Waals surface area contributed by atoms with E-state index >= 15 is 0 Å². The maximum atomic E-state index is 12.5. The van der Waals surface area contributed by atoms with Crippen molar-refractivity contribution in [3.63, 3.8) is 0 Å². The fourth-order valence-electron chi connectivity index (χ4n) is 2.44. The Morgan fingerprint density at radius 3 is 2.95 bits per heavy atom. The van der Waals surface area contributed by atoms with Gasteiger partial charge in [0.2, 0.25) is 0 Å². The van der Waals surface area contributed by atoms with Crippen molar-refractivity contribution in [1.29, 1.82) is 0 Å². The molecule has 1 aliphatic heterocycles. The largest absolute Gasteiger partial charge is 0.378 e. The van der Waals surface area contributed by atoms with Gasteiger partial charge < -0.3 is 15.0 Å². The van der Waals surface area contributed by atoms with Gasteiger partial charge in [-0.15, -0.1) is 11.3 Å². The number of rotatable bonds is 4. The maximum absolute atomic E-state index is 12.5. The van der Waals surface area contributed by atoms with E-state index in [1.807, 2.05) is 11.4 Å². The zero-order valence-corrected chi connectivity index (χ0v) is 13.4. The molecule has 0 aliphatic carbocycles. The highest BCUT2D eigenvalue weighted by Crippen LogP contribution is 2.19. The number of aryl methyl sites for hydroxylation is 1. The molecule has 0 unspecified atom stereocenters. The molecule has 1 aliphatic rings. The molecule has 2 aromatic rings. The maximum Gasteiger partial charge on any atom is 0.255 e. The number of nitrogens with one attached hydrogen (secondary N) is 1. The molecule has 1 N–H and O–H groups in total. The number of hydrogen-bond acceptors (Lipinski definition) is 5. The van der Waals surface area contributed by atoms with Crippen LogP contribution in [0.25, 0.3) is 0 Å². The molecular weight excluding hydrogens is 298 g/mol. The molecule has 6 heteroatoms. The van der Waals surface area contributed by atoms with E-state index in [2.05, 4.69) is 28.2 Å². The normalized spacial score (nSPS) is 14.9. The van der Waals surface area contributed by atoms with Crippen LogP contribution in [-0.2, 0) is 11.3 Å². The van der Waals surface area contributed by atoms with E-state index < -0.39 is 0 Å². The third-order valence-electron chi connectivity index (χ3n) is 3.72. The van der Waals surface area contributed by atoms with E-state index in [1.165, 1.54) is 10.4 Å². The van der Waals surface area contributed by atoms with Crippen molar-refractivity contribution >= 4 is 23.1 Å². The summed E-state index contributed by atoms with van der Waals surface area (Å²) in [5, 5.41) is 5.04. The number of aromatic nitrogens is 1. The van der Waals surface area contributed by atoms with Crippen LogP contribution in [0.5, 0.6) is 0 Å². The number of carbonyl (C=O) groups excluding carboxylic acids is 1. The first-order chi connectivity index (χ1) is 10.8. The Labute approximate surface area is 133 Å². The number of hydrogen-bond donors (Lipinski definition) is 1. The molecule has 0 atom stereocenters. The average Bonchev–Trinajstić information content (AvgIpc) is 2.98. The number of pyridine rings is 1. The second-order valence-electron chi connectivity index (χ2n) is 5.18. The first kappa shape index (κ1) is 15.0. The monoisotopic (exact) mass is 317 g/mol. The Balaban J connectivity index is 1.73. The zero-order chi connectivity index (χ0) is 15.4. The third-order valence-corrected chi connectivity index (χ3v) is 4.74. The van der Waals surface area contributed by atoms with E-state index in [4.69, 9.17) is 4.74 Å². The van der Waals surface area contributed by atoms with E-state index in [0.717, 1.165) is 18.9 Å². The van der Waals surface area contributed by atoms with E-state index in [-0.39, 0.29) is 5.91 Å². The molecule has 0 saturated carbocycles. The van der Waals surface area contributed by atoms with Gasteiger partial charge in [-0.1, -0.05) is 0 Å². The van der Waals surface area contributed by atoms with Crippen molar-refractivity contribution in [2.75, 3.05) is 31.2 Å². The SMILES string of the molecule is Cc1ccsc1CNC(=O)c1cccnc1N1CCOCC1. The van der Waals surface area contributed by atoms with Gasteiger partial charge in [-0.25, -0.2) is 4.98 Å². The first-order valence-electron chi connectivity index (χ1n) is 7.34. The summed E-state index contributed by atoms with van der Waals surface area (Å²) in [6.45, 7) is 5.49. The smallest absolute Gasteiger partial charge is 0.255 e. The van der Waals surface area contributed by atoms with Crippen molar-refractivity contribution in [2.45, 2.75) is 13.5 Å². The predicted molar refractivity (Wildman–Crippen MR) is 87.5 cm³/mol. The molecule has 1 amide bonds. The minimum Gasteiger partial charge on any atom is -0.378 e. The topological polar surface area (TPSA) is 54.5 Å². The quantitative estimate of drug-likeness (QED) is 0.939. The van der Waals surface area contributed by atoms with Gasteiger partial charge in [0, 0.05) is 24.2 Å². The summed E-state index contributed by atoms with van der Waals surface area (Å²) in [5.74, 6) is 0.661. The van der Waals surface area contributed by atoms with Crippen LogP contribution in [-0.4, -0.2) is 37.2 Å². The molecule has 5 nitrogen and oxygen atoms in total.